The largest absolute Gasteiger partial charge is 0.454 e. The van der Waals surface area contributed by atoms with Gasteiger partial charge >= 0.3 is 0 Å². The van der Waals surface area contributed by atoms with Gasteiger partial charge in [0.1, 0.15) is 0 Å². The molecule has 0 N–H and O–H groups in total. The number of aromatic nitrogens is 2. The van der Waals surface area contributed by atoms with Crippen LogP contribution in [-0.2, 0) is 0 Å². The van der Waals surface area contributed by atoms with E-state index in [1.54, 1.807) is 0 Å². The van der Waals surface area contributed by atoms with Crippen LogP contribution in [0.3, 0.4) is 0 Å². The summed E-state index contributed by atoms with van der Waals surface area (Å²) in [4.78, 5) is 9.94. The van der Waals surface area contributed by atoms with Gasteiger partial charge in [0.2, 0.25) is 13.6 Å². The minimum absolute atomic E-state index is 0.190. The van der Waals surface area contributed by atoms with Crippen molar-refractivity contribution in [1.82, 2.24) is 9.97 Å². The highest BCUT2D eigenvalue weighted by Crippen LogP contribution is 2.52. The lowest BCUT2D eigenvalue weighted by Gasteiger charge is -2.15. The Hall–Kier alpha value is -4.06. The molecule has 5 aromatic rings. The molecule has 4 aromatic carbocycles. The van der Waals surface area contributed by atoms with Gasteiger partial charge in [-0.1, -0.05) is 30.3 Å². The number of hydrogen-bond donors (Lipinski definition) is 0. The summed E-state index contributed by atoms with van der Waals surface area (Å²) in [5.41, 5.74) is 4.54. The molecule has 6 heteroatoms. The normalized spacial score (nSPS) is 14.1. The van der Waals surface area contributed by atoms with E-state index in [2.05, 4.69) is 6.92 Å². The zero-order chi connectivity index (χ0) is 20.5. The molecular weight excluding hydrogens is 392 g/mol. The summed E-state index contributed by atoms with van der Waals surface area (Å²) in [7, 11) is 0. The smallest absolute Gasteiger partial charge is 0.231 e. The molecule has 0 aliphatic carbocycles. The van der Waals surface area contributed by atoms with Crippen molar-refractivity contribution in [3.05, 3.63) is 60.3 Å². The number of rotatable bonds is 1. The van der Waals surface area contributed by atoms with Gasteiger partial charge in [-0.15, -0.1) is 0 Å². The summed E-state index contributed by atoms with van der Waals surface area (Å²) in [6.07, 6.45) is 1.83. The first-order valence-electron chi connectivity index (χ1n) is 10.1. The van der Waals surface area contributed by atoms with Crippen molar-refractivity contribution in [3.8, 4) is 34.3 Å². The van der Waals surface area contributed by atoms with Crippen LogP contribution >= 0.6 is 0 Å². The molecule has 0 saturated heterocycles. The van der Waals surface area contributed by atoms with Gasteiger partial charge in [-0.05, 0) is 30.7 Å². The van der Waals surface area contributed by atoms with Gasteiger partial charge in [0, 0.05) is 27.1 Å². The van der Waals surface area contributed by atoms with Crippen molar-refractivity contribution in [3.63, 3.8) is 0 Å². The van der Waals surface area contributed by atoms with E-state index in [9.17, 15) is 0 Å². The molecule has 0 fully saturated rings. The number of benzene rings is 4. The van der Waals surface area contributed by atoms with Gasteiger partial charge < -0.3 is 18.9 Å². The van der Waals surface area contributed by atoms with Crippen LogP contribution in [0.15, 0.2) is 54.7 Å². The molecule has 150 valence electrons. The van der Waals surface area contributed by atoms with Crippen LogP contribution < -0.4 is 18.9 Å². The molecular formula is C25H16N2O4. The quantitative estimate of drug-likeness (QED) is 0.348. The standard InChI is InChI=1S/C25H16N2O4/c1-13-9-18-25(31-12-29-18)21-19(13)23-22(15-7-8-17-24(20(15)21)30-11-28-17)27-16(10-26-23)14-5-3-2-4-6-14/h2-10H,11-12H2,1H3. The predicted octanol–water partition coefficient (Wildman–Crippen LogP) is 5.37. The van der Waals surface area contributed by atoms with E-state index in [1.807, 2.05) is 54.7 Å². The second-order valence-electron chi connectivity index (χ2n) is 7.72. The lowest BCUT2D eigenvalue weighted by molar-refractivity contribution is 0.174. The third-order valence-electron chi connectivity index (χ3n) is 5.98. The van der Waals surface area contributed by atoms with Crippen molar-refractivity contribution in [2.75, 3.05) is 13.6 Å². The van der Waals surface area contributed by atoms with E-state index in [0.717, 1.165) is 60.9 Å². The summed E-state index contributed by atoms with van der Waals surface area (Å²) in [6.45, 7) is 2.44. The van der Waals surface area contributed by atoms with Crippen LogP contribution in [0.2, 0.25) is 0 Å². The summed E-state index contributed by atoms with van der Waals surface area (Å²) in [6, 6.07) is 16.0. The number of nitrogens with zero attached hydrogens (tertiary/aromatic N) is 2. The predicted molar refractivity (Wildman–Crippen MR) is 117 cm³/mol. The highest BCUT2D eigenvalue weighted by Gasteiger charge is 2.28. The number of ether oxygens (including phenoxy) is 4. The first-order valence-corrected chi connectivity index (χ1v) is 10.1. The van der Waals surface area contributed by atoms with E-state index in [-0.39, 0.29) is 13.6 Å². The van der Waals surface area contributed by atoms with Crippen LogP contribution in [0, 0.1) is 6.92 Å². The molecule has 31 heavy (non-hydrogen) atoms. The number of aryl methyl sites for hydroxylation is 1. The Labute approximate surface area is 177 Å². The van der Waals surface area contributed by atoms with Crippen molar-refractivity contribution >= 4 is 32.6 Å². The third-order valence-corrected chi connectivity index (χ3v) is 5.98. The number of fused-ring (bicyclic) bond motifs is 10. The van der Waals surface area contributed by atoms with Crippen LogP contribution in [0.4, 0.5) is 0 Å². The lowest BCUT2D eigenvalue weighted by atomic mass is 9.94. The lowest BCUT2D eigenvalue weighted by Crippen LogP contribution is -1.96. The van der Waals surface area contributed by atoms with E-state index in [4.69, 9.17) is 28.9 Å². The molecule has 0 amide bonds. The third kappa shape index (κ3) is 2.21. The minimum Gasteiger partial charge on any atom is -0.454 e. The zero-order valence-electron chi connectivity index (χ0n) is 16.6. The molecule has 0 atom stereocenters. The first-order chi connectivity index (χ1) is 15.3. The van der Waals surface area contributed by atoms with Crippen molar-refractivity contribution in [2.24, 2.45) is 0 Å². The zero-order valence-corrected chi connectivity index (χ0v) is 16.6. The average Bonchev–Trinajstić information content (AvgIpc) is 3.48. The molecule has 0 spiro atoms. The highest BCUT2D eigenvalue weighted by molar-refractivity contribution is 6.28. The Kier molecular flexibility index (Phi) is 3.22. The minimum atomic E-state index is 0.190. The number of hydrogen-bond acceptors (Lipinski definition) is 6. The Morgan fingerprint density at radius 2 is 1.52 bits per heavy atom. The molecule has 0 bridgehead atoms. The van der Waals surface area contributed by atoms with Gasteiger partial charge in [-0.2, -0.15) is 0 Å². The van der Waals surface area contributed by atoms with Gasteiger partial charge in [-0.3, -0.25) is 4.98 Å². The topological polar surface area (TPSA) is 62.7 Å². The summed E-state index contributed by atoms with van der Waals surface area (Å²) < 4.78 is 23.2. The molecule has 0 unspecified atom stereocenters. The van der Waals surface area contributed by atoms with Crippen LogP contribution in [0.5, 0.6) is 23.0 Å². The summed E-state index contributed by atoms with van der Waals surface area (Å²) in [5.74, 6) is 2.87. The monoisotopic (exact) mass is 408 g/mol. The van der Waals surface area contributed by atoms with Gasteiger partial charge in [0.15, 0.2) is 23.0 Å². The molecule has 1 aromatic heterocycles. The second kappa shape index (κ2) is 5.98. The van der Waals surface area contributed by atoms with Crippen LogP contribution in [0.1, 0.15) is 5.56 Å². The fraction of sp³-hybridized carbons (Fsp3) is 0.120. The Morgan fingerprint density at radius 3 is 2.35 bits per heavy atom. The summed E-state index contributed by atoms with van der Waals surface area (Å²) in [5, 5.41) is 3.78. The molecule has 3 heterocycles. The molecule has 6 nitrogen and oxygen atoms in total. The maximum absolute atomic E-state index is 5.92. The maximum atomic E-state index is 5.92. The Morgan fingerprint density at radius 1 is 0.742 bits per heavy atom. The average molecular weight is 408 g/mol. The van der Waals surface area contributed by atoms with E-state index < -0.39 is 0 Å². The fourth-order valence-corrected chi connectivity index (χ4v) is 4.64. The van der Waals surface area contributed by atoms with Gasteiger partial charge in [0.05, 0.1) is 22.9 Å². The van der Waals surface area contributed by atoms with Gasteiger partial charge in [0.25, 0.3) is 0 Å². The van der Waals surface area contributed by atoms with Crippen molar-refractivity contribution < 1.29 is 18.9 Å². The second-order valence-corrected chi connectivity index (χ2v) is 7.72. The van der Waals surface area contributed by atoms with Crippen molar-refractivity contribution in [1.29, 1.82) is 0 Å². The highest BCUT2D eigenvalue weighted by atomic mass is 16.7. The van der Waals surface area contributed by atoms with Crippen molar-refractivity contribution in [2.45, 2.75) is 6.92 Å². The first kappa shape index (κ1) is 16.7. The maximum Gasteiger partial charge on any atom is 0.231 e. The SMILES string of the molecule is Cc1cc2c(c3c4c5c(ccc4c4nc(-c6ccccc6)cnc4c13)OCO5)OCO2. The molecule has 2 aliphatic heterocycles. The van der Waals surface area contributed by atoms with E-state index in [0.29, 0.717) is 11.5 Å². The van der Waals surface area contributed by atoms with E-state index >= 15 is 0 Å². The Bertz CT molecular complexity index is 1550. The molecule has 2 aliphatic rings. The van der Waals surface area contributed by atoms with Crippen LogP contribution in [0.25, 0.3) is 43.8 Å². The fourth-order valence-electron chi connectivity index (χ4n) is 4.64. The Balaban J connectivity index is 1.72. The van der Waals surface area contributed by atoms with Gasteiger partial charge in [-0.25, -0.2) is 4.98 Å². The molecule has 0 radical (unpaired) electrons. The van der Waals surface area contributed by atoms with E-state index in [1.165, 1.54) is 0 Å². The summed E-state index contributed by atoms with van der Waals surface area (Å²) >= 11 is 0. The molecule has 7 rings (SSSR count). The molecule has 0 saturated carbocycles. The van der Waals surface area contributed by atoms with Crippen LogP contribution in [-0.4, -0.2) is 23.6 Å².